The first-order valence-electron chi connectivity index (χ1n) is 5.60. The van der Waals surface area contributed by atoms with Crippen LogP contribution in [-0.4, -0.2) is 21.3 Å². The molecule has 0 atom stereocenters. The van der Waals surface area contributed by atoms with Crippen molar-refractivity contribution in [2.24, 2.45) is 7.05 Å². The molecule has 0 radical (unpaired) electrons. The highest BCUT2D eigenvalue weighted by Gasteiger charge is 2.19. The lowest BCUT2D eigenvalue weighted by Crippen LogP contribution is -2.08. The lowest BCUT2D eigenvalue weighted by atomic mass is 10.1. The molecule has 5 heteroatoms. The predicted molar refractivity (Wildman–Crippen MR) is 64.7 cm³/mol. The van der Waals surface area contributed by atoms with Crippen molar-refractivity contribution in [3.8, 4) is 0 Å². The number of aryl methyl sites for hydroxylation is 3. The highest BCUT2D eigenvalue weighted by molar-refractivity contribution is 6.12. The maximum atomic E-state index is 12.0. The molecule has 2 rings (SSSR count). The zero-order chi connectivity index (χ0) is 13.3. The Morgan fingerprint density at radius 3 is 2.50 bits per heavy atom. The third kappa shape index (κ3) is 2.40. The van der Waals surface area contributed by atoms with E-state index in [1.165, 1.54) is 0 Å². The van der Waals surface area contributed by atoms with Crippen LogP contribution in [-0.2, 0) is 7.05 Å². The summed E-state index contributed by atoms with van der Waals surface area (Å²) in [7, 11) is 1.74. The van der Waals surface area contributed by atoms with Gasteiger partial charge in [0.25, 0.3) is 0 Å². The van der Waals surface area contributed by atoms with Gasteiger partial charge in [-0.3, -0.25) is 14.3 Å². The molecular formula is C13H14N2O3. The van der Waals surface area contributed by atoms with Gasteiger partial charge in [0, 0.05) is 13.2 Å². The molecule has 0 amide bonds. The van der Waals surface area contributed by atoms with Crippen LogP contribution in [0.4, 0.5) is 0 Å². The van der Waals surface area contributed by atoms with Gasteiger partial charge in [0.2, 0.25) is 5.78 Å². The molecule has 18 heavy (non-hydrogen) atoms. The lowest BCUT2D eigenvalue weighted by Gasteiger charge is -1.97. The van der Waals surface area contributed by atoms with E-state index in [9.17, 15) is 9.59 Å². The number of rotatable bonds is 4. The quantitative estimate of drug-likeness (QED) is 0.612. The number of aromatic nitrogens is 2. The SMILES string of the molecule is Cc1ccc(C(=O)CC(=O)c2cn(C)nc2C)o1. The van der Waals surface area contributed by atoms with Gasteiger partial charge in [0.1, 0.15) is 5.76 Å². The summed E-state index contributed by atoms with van der Waals surface area (Å²) >= 11 is 0. The second kappa shape index (κ2) is 4.60. The predicted octanol–water partition coefficient (Wildman–Crippen LogP) is 2.09. The van der Waals surface area contributed by atoms with Crippen LogP contribution in [0.25, 0.3) is 0 Å². The van der Waals surface area contributed by atoms with Crippen molar-refractivity contribution in [2.75, 3.05) is 0 Å². The van der Waals surface area contributed by atoms with Crippen LogP contribution < -0.4 is 0 Å². The Kier molecular flexibility index (Phi) is 3.14. The third-order valence-electron chi connectivity index (χ3n) is 2.65. The summed E-state index contributed by atoms with van der Waals surface area (Å²) in [6.07, 6.45) is 1.43. The summed E-state index contributed by atoms with van der Waals surface area (Å²) in [5.74, 6) is 0.335. The molecule has 2 aromatic heterocycles. The van der Waals surface area contributed by atoms with Crippen LogP contribution in [0.15, 0.2) is 22.7 Å². The number of carbonyl (C=O) groups is 2. The summed E-state index contributed by atoms with van der Waals surface area (Å²) in [6.45, 7) is 3.50. The van der Waals surface area contributed by atoms with E-state index in [1.807, 2.05) is 0 Å². The van der Waals surface area contributed by atoms with Crippen LogP contribution in [0.5, 0.6) is 0 Å². The fraction of sp³-hybridized carbons (Fsp3) is 0.308. The molecule has 2 aromatic rings. The highest BCUT2D eigenvalue weighted by Crippen LogP contribution is 2.13. The van der Waals surface area contributed by atoms with E-state index in [0.717, 1.165) is 0 Å². The van der Waals surface area contributed by atoms with Gasteiger partial charge in [-0.05, 0) is 26.0 Å². The Bertz CT molecular complexity index is 608. The Morgan fingerprint density at radius 1 is 1.28 bits per heavy atom. The third-order valence-corrected chi connectivity index (χ3v) is 2.65. The number of ketones is 2. The fourth-order valence-corrected chi connectivity index (χ4v) is 1.79. The largest absolute Gasteiger partial charge is 0.458 e. The minimum absolute atomic E-state index is 0.195. The maximum absolute atomic E-state index is 12.0. The van der Waals surface area contributed by atoms with Crippen molar-refractivity contribution in [1.82, 2.24) is 9.78 Å². The second-order valence-electron chi connectivity index (χ2n) is 4.24. The molecule has 0 fully saturated rings. The molecule has 0 N–H and O–H groups in total. The molecule has 2 heterocycles. The molecule has 0 saturated carbocycles. The van der Waals surface area contributed by atoms with E-state index in [-0.39, 0.29) is 23.7 Å². The zero-order valence-electron chi connectivity index (χ0n) is 10.6. The lowest BCUT2D eigenvalue weighted by molar-refractivity contribution is 0.0877. The van der Waals surface area contributed by atoms with Crippen LogP contribution in [0.1, 0.15) is 38.8 Å². The van der Waals surface area contributed by atoms with Crippen molar-refractivity contribution < 1.29 is 14.0 Å². The van der Waals surface area contributed by atoms with E-state index >= 15 is 0 Å². The number of hydrogen-bond acceptors (Lipinski definition) is 4. The molecule has 0 saturated heterocycles. The van der Waals surface area contributed by atoms with Gasteiger partial charge in [0.05, 0.1) is 17.7 Å². The molecule has 0 aliphatic rings. The van der Waals surface area contributed by atoms with E-state index in [1.54, 1.807) is 43.9 Å². The fourth-order valence-electron chi connectivity index (χ4n) is 1.79. The summed E-state index contributed by atoms with van der Waals surface area (Å²) in [6, 6.07) is 3.29. The van der Waals surface area contributed by atoms with Gasteiger partial charge in [-0.15, -0.1) is 0 Å². The van der Waals surface area contributed by atoms with Gasteiger partial charge in [-0.2, -0.15) is 5.10 Å². The highest BCUT2D eigenvalue weighted by atomic mass is 16.3. The Labute approximate surface area is 104 Å². The van der Waals surface area contributed by atoms with E-state index in [2.05, 4.69) is 5.10 Å². The minimum Gasteiger partial charge on any atom is -0.458 e. The van der Waals surface area contributed by atoms with Gasteiger partial charge in [0.15, 0.2) is 11.5 Å². The van der Waals surface area contributed by atoms with Crippen molar-refractivity contribution >= 4 is 11.6 Å². The number of carbonyl (C=O) groups excluding carboxylic acids is 2. The van der Waals surface area contributed by atoms with Gasteiger partial charge in [-0.25, -0.2) is 0 Å². The van der Waals surface area contributed by atoms with E-state index < -0.39 is 0 Å². The average Bonchev–Trinajstić information content (AvgIpc) is 2.84. The first-order valence-corrected chi connectivity index (χ1v) is 5.60. The van der Waals surface area contributed by atoms with Crippen LogP contribution >= 0.6 is 0 Å². The van der Waals surface area contributed by atoms with Gasteiger partial charge >= 0.3 is 0 Å². The number of Topliss-reactive ketones (excluding diaryl/α,β-unsaturated/α-hetero) is 2. The molecule has 5 nitrogen and oxygen atoms in total. The van der Waals surface area contributed by atoms with Gasteiger partial charge < -0.3 is 4.42 Å². The van der Waals surface area contributed by atoms with Crippen LogP contribution in [0.3, 0.4) is 0 Å². The maximum Gasteiger partial charge on any atom is 0.205 e. The molecule has 0 spiro atoms. The van der Waals surface area contributed by atoms with Crippen LogP contribution in [0.2, 0.25) is 0 Å². The second-order valence-corrected chi connectivity index (χ2v) is 4.24. The van der Waals surface area contributed by atoms with Gasteiger partial charge in [-0.1, -0.05) is 0 Å². The Morgan fingerprint density at radius 2 is 2.00 bits per heavy atom. The summed E-state index contributed by atoms with van der Waals surface area (Å²) in [5, 5.41) is 4.08. The first-order chi connectivity index (χ1) is 8.47. The molecule has 0 aliphatic heterocycles. The van der Waals surface area contributed by atoms with Crippen LogP contribution in [0, 0.1) is 13.8 Å². The number of furan rings is 1. The summed E-state index contributed by atoms with van der Waals surface area (Å²) in [4.78, 5) is 23.8. The normalized spacial score (nSPS) is 10.6. The molecule has 0 unspecified atom stereocenters. The van der Waals surface area contributed by atoms with E-state index in [4.69, 9.17) is 4.42 Å². The molecular weight excluding hydrogens is 232 g/mol. The zero-order valence-corrected chi connectivity index (χ0v) is 10.6. The first kappa shape index (κ1) is 12.3. The van der Waals surface area contributed by atoms with E-state index in [0.29, 0.717) is 17.0 Å². The summed E-state index contributed by atoms with van der Waals surface area (Å²) in [5.41, 5.74) is 1.11. The van der Waals surface area contributed by atoms with Crippen molar-refractivity contribution in [1.29, 1.82) is 0 Å². The monoisotopic (exact) mass is 246 g/mol. The topological polar surface area (TPSA) is 65.1 Å². The standard InChI is InChI=1S/C13H14N2O3/c1-8-4-5-13(18-8)12(17)6-11(16)10-7-15(3)14-9(10)2/h4-5,7H,6H2,1-3H3. The smallest absolute Gasteiger partial charge is 0.205 e. The molecule has 0 bridgehead atoms. The summed E-state index contributed by atoms with van der Waals surface area (Å²) < 4.78 is 6.75. The minimum atomic E-state index is -0.309. The molecule has 0 aliphatic carbocycles. The Balaban J connectivity index is 2.13. The van der Waals surface area contributed by atoms with Crippen molar-refractivity contribution in [3.63, 3.8) is 0 Å². The average molecular weight is 246 g/mol. The molecule has 94 valence electrons. The van der Waals surface area contributed by atoms with Crippen molar-refractivity contribution in [2.45, 2.75) is 20.3 Å². The molecule has 0 aromatic carbocycles. The number of hydrogen-bond donors (Lipinski definition) is 0. The number of nitrogens with zero attached hydrogens (tertiary/aromatic N) is 2. The van der Waals surface area contributed by atoms with Crippen molar-refractivity contribution in [3.05, 3.63) is 41.1 Å². The Hall–Kier alpha value is -2.17.